The molecule has 98 valence electrons. The van der Waals surface area contributed by atoms with E-state index in [1.807, 2.05) is 0 Å². The van der Waals surface area contributed by atoms with E-state index in [1.54, 1.807) is 13.0 Å². The van der Waals surface area contributed by atoms with E-state index in [0.29, 0.717) is 36.2 Å². The van der Waals surface area contributed by atoms with Gasteiger partial charge in [0, 0.05) is 12.0 Å². The molecule has 0 radical (unpaired) electrons. The van der Waals surface area contributed by atoms with Gasteiger partial charge in [-0.2, -0.15) is 0 Å². The lowest BCUT2D eigenvalue weighted by molar-refractivity contribution is -0.111. The number of carbonyl (C=O) groups is 2. The number of halogens is 3. The summed E-state index contributed by atoms with van der Waals surface area (Å²) in [7, 11) is 0. The van der Waals surface area contributed by atoms with Crippen LogP contribution in [0.25, 0.3) is 0 Å². The normalized spacial score (nSPS) is 10.2. The van der Waals surface area contributed by atoms with Gasteiger partial charge in [0.1, 0.15) is 10.8 Å². The molecule has 0 fully saturated rings. The number of hydrogen-bond acceptors (Lipinski definition) is 3. The predicted octanol–water partition coefficient (Wildman–Crippen LogP) is 4.04. The molecule has 1 aromatic rings. The summed E-state index contributed by atoms with van der Waals surface area (Å²) in [4.78, 5) is 21.3. The third-order valence-electron chi connectivity index (χ3n) is 2.31. The second kappa shape index (κ2) is 6.98. The SMILES string of the molecule is Cc1cc(OCCCC(=O)Cl)c(Cl)c(Cl)c1C=O. The third-order valence-corrected chi connectivity index (χ3v) is 3.36. The Kier molecular flexibility index (Phi) is 5.93. The molecule has 0 unspecified atom stereocenters. The standard InChI is InChI=1S/C12H11Cl3O3/c1-7-5-9(18-4-2-3-10(13)17)12(15)11(14)8(7)6-16/h5-6H,2-4H2,1H3. The topological polar surface area (TPSA) is 43.4 Å². The van der Waals surface area contributed by atoms with Gasteiger partial charge < -0.3 is 4.74 Å². The van der Waals surface area contributed by atoms with Gasteiger partial charge in [0.25, 0.3) is 0 Å². The van der Waals surface area contributed by atoms with Crippen molar-refractivity contribution in [2.45, 2.75) is 19.8 Å². The largest absolute Gasteiger partial charge is 0.492 e. The second-order valence-corrected chi connectivity index (χ2v) is 4.84. The van der Waals surface area contributed by atoms with Crippen molar-refractivity contribution < 1.29 is 14.3 Å². The first-order valence-electron chi connectivity index (χ1n) is 5.22. The van der Waals surface area contributed by atoms with Gasteiger partial charge in [-0.15, -0.1) is 0 Å². The van der Waals surface area contributed by atoms with Gasteiger partial charge >= 0.3 is 0 Å². The van der Waals surface area contributed by atoms with Crippen LogP contribution in [0.3, 0.4) is 0 Å². The Labute approximate surface area is 120 Å². The van der Waals surface area contributed by atoms with Gasteiger partial charge in [0.05, 0.1) is 11.6 Å². The lowest BCUT2D eigenvalue weighted by Gasteiger charge is -2.11. The fraction of sp³-hybridized carbons (Fsp3) is 0.333. The molecule has 0 amide bonds. The lowest BCUT2D eigenvalue weighted by Crippen LogP contribution is -2.01. The summed E-state index contributed by atoms with van der Waals surface area (Å²) in [6.07, 6.45) is 1.38. The Hall–Kier alpha value is -0.770. The van der Waals surface area contributed by atoms with Crippen molar-refractivity contribution in [2.24, 2.45) is 0 Å². The first-order valence-corrected chi connectivity index (χ1v) is 6.35. The van der Waals surface area contributed by atoms with Crippen LogP contribution < -0.4 is 4.74 Å². The van der Waals surface area contributed by atoms with Crippen molar-refractivity contribution in [1.82, 2.24) is 0 Å². The molecule has 6 heteroatoms. The molecule has 0 saturated carbocycles. The van der Waals surface area contributed by atoms with Gasteiger partial charge in [-0.25, -0.2) is 0 Å². The van der Waals surface area contributed by atoms with Crippen molar-refractivity contribution in [3.63, 3.8) is 0 Å². The van der Waals surface area contributed by atoms with Crippen LogP contribution in [0.15, 0.2) is 6.07 Å². The molecule has 0 N–H and O–H groups in total. The Morgan fingerprint density at radius 1 is 1.39 bits per heavy atom. The minimum atomic E-state index is -0.407. The van der Waals surface area contributed by atoms with Crippen molar-refractivity contribution in [1.29, 1.82) is 0 Å². The number of benzene rings is 1. The fourth-order valence-electron chi connectivity index (χ4n) is 1.38. The van der Waals surface area contributed by atoms with E-state index in [0.717, 1.165) is 0 Å². The van der Waals surface area contributed by atoms with Crippen LogP contribution in [0.2, 0.25) is 10.0 Å². The van der Waals surface area contributed by atoms with Crippen molar-refractivity contribution in [3.8, 4) is 5.75 Å². The number of rotatable bonds is 6. The minimum absolute atomic E-state index is 0.176. The number of ether oxygens (including phenoxy) is 1. The monoisotopic (exact) mass is 308 g/mol. The van der Waals surface area contributed by atoms with Gasteiger partial charge in [0.15, 0.2) is 6.29 Å². The molecule has 0 aliphatic heterocycles. The zero-order chi connectivity index (χ0) is 13.7. The van der Waals surface area contributed by atoms with Crippen LogP contribution in [0.4, 0.5) is 0 Å². The highest BCUT2D eigenvalue weighted by atomic mass is 35.5. The molecular weight excluding hydrogens is 298 g/mol. The summed E-state index contributed by atoms with van der Waals surface area (Å²) in [5, 5.41) is -0.0353. The van der Waals surface area contributed by atoms with E-state index in [9.17, 15) is 9.59 Å². The maximum Gasteiger partial charge on any atom is 0.221 e. The lowest BCUT2D eigenvalue weighted by atomic mass is 10.1. The highest BCUT2D eigenvalue weighted by Gasteiger charge is 2.13. The summed E-state index contributed by atoms with van der Waals surface area (Å²) in [6.45, 7) is 2.04. The van der Waals surface area contributed by atoms with Crippen LogP contribution >= 0.6 is 34.8 Å². The zero-order valence-electron chi connectivity index (χ0n) is 9.63. The van der Waals surface area contributed by atoms with Gasteiger partial charge in [-0.3, -0.25) is 9.59 Å². The Morgan fingerprint density at radius 3 is 2.61 bits per heavy atom. The van der Waals surface area contributed by atoms with Crippen LogP contribution in [0.1, 0.15) is 28.8 Å². The smallest absolute Gasteiger partial charge is 0.221 e. The van der Waals surface area contributed by atoms with Crippen LogP contribution in [0.5, 0.6) is 5.75 Å². The van der Waals surface area contributed by atoms with E-state index in [2.05, 4.69) is 0 Å². The molecule has 0 heterocycles. The molecule has 0 spiro atoms. The van der Waals surface area contributed by atoms with Crippen LogP contribution in [-0.4, -0.2) is 18.1 Å². The molecular formula is C12H11Cl3O3. The second-order valence-electron chi connectivity index (χ2n) is 3.66. The van der Waals surface area contributed by atoms with Crippen molar-refractivity contribution in [3.05, 3.63) is 27.2 Å². The maximum atomic E-state index is 10.8. The molecule has 0 saturated heterocycles. The summed E-state index contributed by atoms with van der Waals surface area (Å²) in [5.41, 5.74) is 1.03. The zero-order valence-corrected chi connectivity index (χ0v) is 11.9. The Balaban J connectivity index is 2.78. The van der Waals surface area contributed by atoms with Crippen LogP contribution in [-0.2, 0) is 4.79 Å². The average Bonchev–Trinajstić information content (AvgIpc) is 2.31. The maximum absolute atomic E-state index is 10.8. The number of hydrogen-bond donors (Lipinski definition) is 0. The number of aryl methyl sites for hydroxylation is 1. The van der Waals surface area contributed by atoms with Gasteiger partial charge in [0.2, 0.25) is 5.24 Å². The van der Waals surface area contributed by atoms with E-state index in [-0.39, 0.29) is 16.5 Å². The molecule has 18 heavy (non-hydrogen) atoms. The number of carbonyl (C=O) groups excluding carboxylic acids is 2. The highest BCUT2D eigenvalue weighted by Crippen LogP contribution is 2.36. The van der Waals surface area contributed by atoms with Gasteiger partial charge in [-0.05, 0) is 36.6 Å². The van der Waals surface area contributed by atoms with E-state index in [4.69, 9.17) is 39.5 Å². The molecule has 0 bridgehead atoms. The first-order chi connectivity index (χ1) is 8.47. The number of aldehydes is 1. The summed E-state index contributed by atoms with van der Waals surface area (Å²) in [6, 6.07) is 1.64. The van der Waals surface area contributed by atoms with E-state index >= 15 is 0 Å². The van der Waals surface area contributed by atoms with E-state index in [1.165, 1.54) is 0 Å². The highest BCUT2D eigenvalue weighted by molar-refractivity contribution is 6.63. The molecule has 0 aliphatic rings. The molecule has 1 aromatic carbocycles. The van der Waals surface area contributed by atoms with E-state index < -0.39 is 5.24 Å². The Bertz CT molecular complexity index is 472. The predicted molar refractivity (Wildman–Crippen MR) is 72.2 cm³/mol. The molecule has 3 nitrogen and oxygen atoms in total. The molecule has 0 aromatic heterocycles. The summed E-state index contributed by atoms with van der Waals surface area (Å²) < 4.78 is 5.41. The quantitative estimate of drug-likeness (QED) is 0.452. The summed E-state index contributed by atoms with van der Waals surface area (Å²) >= 11 is 17.1. The molecule has 1 rings (SSSR count). The van der Waals surface area contributed by atoms with Crippen molar-refractivity contribution in [2.75, 3.05) is 6.61 Å². The Morgan fingerprint density at radius 2 is 2.06 bits per heavy atom. The van der Waals surface area contributed by atoms with Crippen molar-refractivity contribution >= 4 is 46.3 Å². The third kappa shape index (κ3) is 3.87. The average molecular weight is 310 g/mol. The molecule has 0 atom stereocenters. The summed E-state index contributed by atoms with van der Waals surface area (Å²) in [5.74, 6) is 0.395. The fourth-order valence-corrected chi connectivity index (χ4v) is 2.01. The van der Waals surface area contributed by atoms with Crippen LogP contribution in [0, 0.1) is 6.92 Å². The first kappa shape index (κ1) is 15.3. The minimum Gasteiger partial charge on any atom is -0.492 e. The van der Waals surface area contributed by atoms with Gasteiger partial charge in [-0.1, -0.05) is 23.2 Å². The molecule has 0 aliphatic carbocycles.